The second kappa shape index (κ2) is 8.68. The van der Waals surface area contributed by atoms with E-state index in [1.54, 1.807) is 30.7 Å². The molecule has 8 heteroatoms. The molecule has 3 heterocycles. The normalized spacial score (nSPS) is 12.8. The highest BCUT2D eigenvalue weighted by Crippen LogP contribution is 2.31. The van der Waals surface area contributed by atoms with E-state index in [1.807, 2.05) is 24.3 Å². The third-order valence-corrected chi connectivity index (χ3v) is 5.32. The first-order chi connectivity index (χ1) is 14.1. The molecule has 2 aromatic heterocycles. The van der Waals surface area contributed by atoms with Crippen LogP contribution in [0.25, 0.3) is 0 Å². The topological polar surface area (TPSA) is 70.2 Å². The lowest BCUT2D eigenvalue weighted by atomic mass is 10.1. The van der Waals surface area contributed by atoms with Gasteiger partial charge >= 0.3 is 0 Å². The molecule has 6 nitrogen and oxygen atoms in total. The standard InChI is InChI=1S/C21H19Cl2N5O/c22-17-1-2-18(23)16(9-17)13-28-8-7-25-20-19(28)10-15(12-26-20)21(29)27-11-14-3-5-24-6-4-14/h1-6,9-10,12H,7-8,11,13H2,(H,25,26)(H,27,29). The highest BCUT2D eigenvalue weighted by Gasteiger charge is 2.21. The van der Waals surface area contributed by atoms with Crippen LogP contribution in [0.3, 0.4) is 0 Å². The number of fused-ring (bicyclic) bond motifs is 1. The van der Waals surface area contributed by atoms with Crippen molar-refractivity contribution in [2.75, 3.05) is 23.3 Å². The van der Waals surface area contributed by atoms with Crippen molar-refractivity contribution in [3.05, 3.63) is 81.7 Å². The lowest BCUT2D eigenvalue weighted by Crippen LogP contribution is -2.34. The van der Waals surface area contributed by atoms with Gasteiger partial charge in [0.05, 0.1) is 11.3 Å². The monoisotopic (exact) mass is 427 g/mol. The van der Waals surface area contributed by atoms with Gasteiger partial charge in [0, 0.05) is 54.8 Å². The molecular formula is C21H19Cl2N5O. The molecule has 0 unspecified atom stereocenters. The molecule has 0 fully saturated rings. The van der Waals surface area contributed by atoms with Gasteiger partial charge in [0.1, 0.15) is 5.82 Å². The summed E-state index contributed by atoms with van der Waals surface area (Å²) in [6.45, 7) is 2.53. The van der Waals surface area contributed by atoms with Crippen molar-refractivity contribution in [3.8, 4) is 0 Å². The predicted octanol–water partition coefficient (Wildman–Crippen LogP) is 4.15. The molecule has 29 heavy (non-hydrogen) atoms. The Morgan fingerprint density at radius 1 is 1.17 bits per heavy atom. The molecule has 1 aliphatic heterocycles. The average Bonchev–Trinajstić information content (AvgIpc) is 2.75. The van der Waals surface area contributed by atoms with E-state index in [1.165, 1.54) is 0 Å². The molecule has 0 radical (unpaired) electrons. The largest absolute Gasteiger partial charge is 0.367 e. The number of amides is 1. The number of carbonyl (C=O) groups excluding carboxylic acids is 1. The molecule has 1 aromatic carbocycles. The van der Waals surface area contributed by atoms with E-state index in [-0.39, 0.29) is 5.91 Å². The maximum absolute atomic E-state index is 12.6. The van der Waals surface area contributed by atoms with Gasteiger partial charge in [-0.25, -0.2) is 4.98 Å². The second-order valence-electron chi connectivity index (χ2n) is 6.71. The molecule has 148 valence electrons. The van der Waals surface area contributed by atoms with Crippen LogP contribution < -0.4 is 15.5 Å². The fraction of sp³-hybridized carbons (Fsp3) is 0.190. The first kappa shape index (κ1) is 19.5. The number of nitrogens with zero attached hydrogens (tertiary/aromatic N) is 3. The number of pyridine rings is 2. The van der Waals surface area contributed by atoms with Crippen molar-refractivity contribution in [1.29, 1.82) is 0 Å². The van der Waals surface area contributed by atoms with Gasteiger partial charge in [-0.15, -0.1) is 0 Å². The minimum absolute atomic E-state index is 0.177. The van der Waals surface area contributed by atoms with Crippen LogP contribution in [0.15, 0.2) is 55.0 Å². The quantitative estimate of drug-likeness (QED) is 0.639. The van der Waals surface area contributed by atoms with Gasteiger partial charge in [-0.1, -0.05) is 23.2 Å². The lowest BCUT2D eigenvalue weighted by molar-refractivity contribution is 0.0950. The number of carbonyl (C=O) groups is 1. The highest BCUT2D eigenvalue weighted by molar-refractivity contribution is 6.33. The first-order valence-electron chi connectivity index (χ1n) is 9.20. The fourth-order valence-corrected chi connectivity index (χ4v) is 3.58. The molecule has 0 spiro atoms. The van der Waals surface area contributed by atoms with E-state index in [0.29, 0.717) is 28.7 Å². The molecule has 2 N–H and O–H groups in total. The molecule has 0 aliphatic carbocycles. The molecule has 3 aromatic rings. The summed E-state index contributed by atoms with van der Waals surface area (Å²) >= 11 is 12.5. The van der Waals surface area contributed by atoms with Gasteiger partial charge < -0.3 is 15.5 Å². The van der Waals surface area contributed by atoms with Crippen LogP contribution in [0.2, 0.25) is 10.0 Å². The second-order valence-corrected chi connectivity index (χ2v) is 7.56. The molecule has 4 rings (SSSR count). The Labute approximate surface area is 178 Å². The number of hydrogen-bond donors (Lipinski definition) is 2. The number of anilines is 2. The van der Waals surface area contributed by atoms with Crippen LogP contribution >= 0.6 is 23.2 Å². The zero-order chi connectivity index (χ0) is 20.2. The van der Waals surface area contributed by atoms with Crippen molar-refractivity contribution in [2.45, 2.75) is 13.1 Å². The third-order valence-electron chi connectivity index (χ3n) is 4.72. The number of benzene rings is 1. The zero-order valence-electron chi connectivity index (χ0n) is 15.5. The Morgan fingerprint density at radius 2 is 2.00 bits per heavy atom. The van der Waals surface area contributed by atoms with Crippen LogP contribution in [0.5, 0.6) is 0 Å². The Morgan fingerprint density at radius 3 is 2.83 bits per heavy atom. The van der Waals surface area contributed by atoms with Crippen LogP contribution in [0.1, 0.15) is 21.5 Å². The van der Waals surface area contributed by atoms with E-state index in [2.05, 4.69) is 25.5 Å². The summed E-state index contributed by atoms with van der Waals surface area (Å²) in [7, 11) is 0. The molecule has 0 saturated carbocycles. The van der Waals surface area contributed by atoms with Crippen molar-refractivity contribution in [3.63, 3.8) is 0 Å². The van der Waals surface area contributed by atoms with Crippen molar-refractivity contribution in [2.24, 2.45) is 0 Å². The maximum atomic E-state index is 12.6. The van der Waals surface area contributed by atoms with Crippen LogP contribution in [-0.2, 0) is 13.1 Å². The molecule has 0 atom stereocenters. The van der Waals surface area contributed by atoms with Crippen LogP contribution in [-0.4, -0.2) is 29.0 Å². The molecule has 0 bridgehead atoms. The maximum Gasteiger partial charge on any atom is 0.253 e. The molecule has 0 saturated heterocycles. The minimum atomic E-state index is -0.177. The molecular weight excluding hydrogens is 409 g/mol. The fourth-order valence-electron chi connectivity index (χ4n) is 3.20. The van der Waals surface area contributed by atoms with Crippen LogP contribution in [0.4, 0.5) is 11.5 Å². The Hall–Kier alpha value is -2.83. The van der Waals surface area contributed by atoms with Crippen molar-refractivity contribution >= 4 is 40.6 Å². The number of hydrogen-bond acceptors (Lipinski definition) is 5. The summed E-state index contributed by atoms with van der Waals surface area (Å²) in [5, 5.41) is 7.50. The van der Waals surface area contributed by atoms with Gasteiger partial charge in [0.2, 0.25) is 0 Å². The number of halogens is 2. The summed E-state index contributed by atoms with van der Waals surface area (Å²) in [6, 6.07) is 11.0. The highest BCUT2D eigenvalue weighted by atomic mass is 35.5. The Kier molecular flexibility index (Phi) is 5.83. The molecule has 1 aliphatic rings. The van der Waals surface area contributed by atoms with Gasteiger partial charge in [-0.3, -0.25) is 9.78 Å². The summed E-state index contributed by atoms with van der Waals surface area (Å²) < 4.78 is 0. The smallest absolute Gasteiger partial charge is 0.253 e. The summed E-state index contributed by atoms with van der Waals surface area (Å²) in [5.41, 5.74) is 3.28. The number of aromatic nitrogens is 2. The SMILES string of the molecule is O=C(NCc1ccncc1)c1cnc2c(c1)N(Cc1cc(Cl)ccc1Cl)CCN2. The van der Waals surface area contributed by atoms with E-state index < -0.39 is 0 Å². The van der Waals surface area contributed by atoms with Crippen molar-refractivity contribution < 1.29 is 4.79 Å². The summed E-state index contributed by atoms with van der Waals surface area (Å²) in [5.74, 6) is 0.573. The van der Waals surface area contributed by atoms with Gasteiger partial charge in [0.25, 0.3) is 5.91 Å². The van der Waals surface area contributed by atoms with E-state index in [0.717, 1.165) is 35.7 Å². The van der Waals surface area contributed by atoms with E-state index in [4.69, 9.17) is 23.2 Å². The average molecular weight is 428 g/mol. The number of rotatable bonds is 5. The Bertz CT molecular complexity index is 1030. The minimum Gasteiger partial charge on any atom is -0.367 e. The van der Waals surface area contributed by atoms with E-state index in [9.17, 15) is 4.79 Å². The summed E-state index contributed by atoms with van der Waals surface area (Å²) in [6.07, 6.45) is 4.99. The Balaban J connectivity index is 1.53. The number of nitrogens with one attached hydrogen (secondary N) is 2. The van der Waals surface area contributed by atoms with Crippen LogP contribution in [0, 0.1) is 0 Å². The van der Waals surface area contributed by atoms with Crippen molar-refractivity contribution in [1.82, 2.24) is 15.3 Å². The predicted molar refractivity (Wildman–Crippen MR) is 116 cm³/mol. The molecule has 1 amide bonds. The van der Waals surface area contributed by atoms with Gasteiger partial charge in [-0.2, -0.15) is 0 Å². The summed E-state index contributed by atoms with van der Waals surface area (Å²) in [4.78, 5) is 23.2. The van der Waals surface area contributed by atoms with Gasteiger partial charge in [0.15, 0.2) is 0 Å². The van der Waals surface area contributed by atoms with E-state index >= 15 is 0 Å². The van der Waals surface area contributed by atoms with Gasteiger partial charge in [-0.05, 0) is 47.5 Å². The zero-order valence-corrected chi connectivity index (χ0v) is 17.0. The first-order valence-corrected chi connectivity index (χ1v) is 9.95. The third kappa shape index (κ3) is 4.60. The lowest BCUT2D eigenvalue weighted by Gasteiger charge is -2.32.